The van der Waals surface area contributed by atoms with Gasteiger partial charge in [-0.05, 0) is 42.0 Å². The van der Waals surface area contributed by atoms with Crippen molar-refractivity contribution in [3.8, 4) is 11.4 Å². The van der Waals surface area contributed by atoms with E-state index in [1.165, 1.54) is 0 Å². The van der Waals surface area contributed by atoms with E-state index < -0.39 is 0 Å². The van der Waals surface area contributed by atoms with Crippen molar-refractivity contribution < 1.29 is 4.74 Å². The molecule has 1 heterocycles. The fraction of sp³-hybridized carbons (Fsp3) is 0.167. The lowest BCUT2D eigenvalue weighted by Gasteiger charge is -2.10. The van der Waals surface area contributed by atoms with Gasteiger partial charge in [0.25, 0.3) is 0 Å². The Morgan fingerprint density at radius 2 is 1.83 bits per heavy atom. The normalized spacial score (nSPS) is 10.8. The van der Waals surface area contributed by atoms with E-state index in [2.05, 4.69) is 5.10 Å². The van der Waals surface area contributed by atoms with E-state index >= 15 is 0 Å². The molecule has 2 N–H and O–H groups in total. The highest BCUT2D eigenvalue weighted by Gasteiger charge is 2.13. The molecule has 0 spiro atoms. The SMILES string of the molecule is COc1ccc(Cc2cc(CN)nn2-c2ccc(Cl)cc2Cl)cc1. The van der Waals surface area contributed by atoms with Gasteiger partial charge in [0.1, 0.15) is 5.75 Å². The Labute approximate surface area is 150 Å². The van der Waals surface area contributed by atoms with Gasteiger partial charge in [-0.3, -0.25) is 0 Å². The van der Waals surface area contributed by atoms with Gasteiger partial charge in [-0.2, -0.15) is 5.10 Å². The first-order valence-corrected chi connectivity index (χ1v) is 8.22. The van der Waals surface area contributed by atoms with Gasteiger partial charge in [-0.1, -0.05) is 35.3 Å². The molecule has 0 bridgehead atoms. The number of hydrogen-bond acceptors (Lipinski definition) is 3. The Morgan fingerprint density at radius 3 is 2.46 bits per heavy atom. The minimum Gasteiger partial charge on any atom is -0.497 e. The van der Waals surface area contributed by atoms with Crippen molar-refractivity contribution in [1.29, 1.82) is 0 Å². The molecule has 1 aromatic heterocycles. The smallest absolute Gasteiger partial charge is 0.118 e. The third-order valence-electron chi connectivity index (χ3n) is 3.73. The predicted molar refractivity (Wildman–Crippen MR) is 97.3 cm³/mol. The summed E-state index contributed by atoms with van der Waals surface area (Å²) in [5.41, 5.74) is 9.50. The first kappa shape index (κ1) is 16.8. The lowest BCUT2D eigenvalue weighted by Crippen LogP contribution is -2.05. The van der Waals surface area contributed by atoms with E-state index in [1.807, 2.05) is 41.1 Å². The molecular formula is C18H17Cl2N3O. The van der Waals surface area contributed by atoms with E-state index in [4.69, 9.17) is 33.7 Å². The zero-order valence-corrected chi connectivity index (χ0v) is 14.7. The molecule has 4 nitrogen and oxygen atoms in total. The van der Waals surface area contributed by atoms with Gasteiger partial charge >= 0.3 is 0 Å². The van der Waals surface area contributed by atoms with Crippen molar-refractivity contribution in [2.75, 3.05) is 7.11 Å². The summed E-state index contributed by atoms with van der Waals surface area (Å²) in [5.74, 6) is 0.829. The second kappa shape index (κ2) is 7.26. The average Bonchev–Trinajstić information content (AvgIpc) is 2.98. The monoisotopic (exact) mass is 361 g/mol. The molecule has 0 aliphatic heterocycles. The van der Waals surface area contributed by atoms with Gasteiger partial charge < -0.3 is 10.5 Å². The maximum Gasteiger partial charge on any atom is 0.118 e. The van der Waals surface area contributed by atoms with Crippen LogP contribution in [0, 0.1) is 0 Å². The quantitative estimate of drug-likeness (QED) is 0.739. The molecular weight excluding hydrogens is 345 g/mol. The van der Waals surface area contributed by atoms with Crippen LogP contribution in [0.3, 0.4) is 0 Å². The van der Waals surface area contributed by atoms with Crippen LogP contribution >= 0.6 is 23.2 Å². The van der Waals surface area contributed by atoms with Crippen LogP contribution in [0.15, 0.2) is 48.5 Å². The highest BCUT2D eigenvalue weighted by molar-refractivity contribution is 6.35. The van der Waals surface area contributed by atoms with Crippen molar-refractivity contribution >= 4 is 23.2 Å². The molecule has 0 saturated carbocycles. The van der Waals surface area contributed by atoms with Gasteiger partial charge in [0.15, 0.2) is 0 Å². The molecule has 124 valence electrons. The van der Waals surface area contributed by atoms with E-state index in [1.54, 1.807) is 19.2 Å². The lowest BCUT2D eigenvalue weighted by molar-refractivity contribution is 0.414. The third-order valence-corrected chi connectivity index (χ3v) is 4.26. The number of nitrogens with two attached hydrogens (primary N) is 1. The summed E-state index contributed by atoms with van der Waals surface area (Å²) >= 11 is 12.3. The van der Waals surface area contributed by atoms with Crippen molar-refractivity contribution in [2.24, 2.45) is 5.73 Å². The van der Waals surface area contributed by atoms with Gasteiger partial charge in [-0.15, -0.1) is 0 Å². The number of rotatable bonds is 5. The highest BCUT2D eigenvalue weighted by Crippen LogP contribution is 2.26. The molecule has 0 saturated heterocycles. The number of ether oxygens (including phenoxy) is 1. The second-order valence-electron chi connectivity index (χ2n) is 5.36. The average molecular weight is 362 g/mol. The summed E-state index contributed by atoms with van der Waals surface area (Å²) in [5, 5.41) is 5.69. The molecule has 0 unspecified atom stereocenters. The van der Waals surface area contributed by atoms with Crippen LogP contribution in [0.5, 0.6) is 5.75 Å². The Bertz CT molecular complexity index is 844. The molecule has 0 aliphatic rings. The minimum absolute atomic E-state index is 0.369. The summed E-state index contributed by atoms with van der Waals surface area (Å²) in [4.78, 5) is 0. The Balaban J connectivity index is 1.99. The topological polar surface area (TPSA) is 53.1 Å². The molecule has 0 fully saturated rings. The van der Waals surface area contributed by atoms with Crippen molar-refractivity contribution in [3.05, 3.63) is 75.5 Å². The molecule has 0 atom stereocenters. The van der Waals surface area contributed by atoms with E-state index in [0.717, 1.165) is 28.4 Å². The molecule has 0 radical (unpaired) electrons. The number of halogens is 2. The minimum atomic E-state index is 0.369. The largest absolute Gasteiger partial charge is 0.497 e. The Hall–Kier alpha value is -2.01. The third kappa shape index (κ3) is 3.56. The molecule has 2 aromatic carbocycles. The highest BCUT2D eigenvalue weighted by atomic mass is 35.5. The second-order valence-corrected chi connectivity index (χ2v) is 6.21. The maximum absolute atomic E-state index is 6.34. The number of aromatic nitrogens is 2. The number of benzene rings is 2. The first-order chi connectivity index (χ1) is 11.6. The van der Waals surface area contributed by atoms with Crippen LogP contribution in [0.2, 0.25) is 10.0 Å². The fourth-order valence-corrected chi connectivity index (χ4v) is 3.00. The van der Waals surface area contributed by atoms with Crippen LogP contribution < -0.4 is 10.5 Å². The molecule has 6 heteroatoms. The van der Waals surface area contributed by atoms with Crippen LogP contribution in [-0.4, -0.2) is 16.9 Å². The first-order valence-electron chi connectivity index (χ1n) is 7.47. The van der Waals surface area contributed by atoms with Gasteiger partial charge in [0.05, 0.1) is 23.5 Å². The van der Waals surface area contributed by atoms with Gasteiger partial charge in [-0.25, -0.2) is 4.68 Å². The summed E-state index contributed by atoms with van der Waals surface area (Å²) in [7, 11) is 1.65. The van der Waals surface area contributed by atoms with E-state index in [9.17, 15) is 0 Å². The molecule has 3 aromatic rings. The zero-order chi connectivity index (χ0) is 17.1. The molecule has 3 rings (SSSR count). The summed E-state index contributed by atoms with van der Waals surface area (Å²) in [6.45, 7) is 0.369. The lowest BCUT2D eigenvalue weighted by atomic mass is 10.1. The van der Waals surface area contributed by atoms with E-state index in [0.29, 0.717) is 23.0 Å². The van der Waals surface area contributed by atoms with Crippen LogP contribution in [0.1, 0.15) is 17.0 Å². The Morgan fingerprint density at radius 1 is 1.08 bits per heavy atom. The fourth-order valence-electron chi connectivity index (χ4n) is 2.51. The zero-order valence-electron chi connectivity index (χ0n) is 13.2. The van der Waals surface area contributed by atoms with Gasteiger partial charge in [0, 0.05) is 23.7 Å². The Kier molecular flexibility index (Phi) is 5.09. The number of nitrogens with zero attached hydrogens (tertiary/aromatic N) is 2. The standard InChI is InChI=1S/C18H17Cl2N3O/c1-24-16-5-2-12(3-6-16)8-15-10-14(11-21)22-23(15)18-7-4-13(19)9-17(18)20/h2-7,9-10H,8,11,21H2,1H3. The van der Waals surface area contributed by atoms with Gasteiger partial charge in [0.2, 0.25) is 0 Å². The summed E-state index contributed by atoms with van der Waals surface area (Å²) in [6.07, 6.45) is 0.704. The maximum atomic E-state index is 6.34. The molecule has 0 aliphatic carbocycles. The van der Waals surface area contributed by atoms with Crippen LogP contribution in [0.4, 0.5) is 0 Å². The molecule has 0 amide bonds. The summed E-state index contributed by atoms with van der Waals surface area (Å²) < 4.78 is 7.02. The predicted octanol–water partition coefficient (Wildman–Crippen LogP) is 4.24. The van der Waals surface area contributed by atoms with Crippen molar-refractivity contribution in [3.63, 3.8) is 0 Å². The van der Waals surface area contributed by atoms with Crippen LogP contribution in [-0.2, 0) is 13.0 Å². The summed E-state index contributed by atoms with van der Waals surface area (Å²) in [6, 6.07) is 15.3. The van der Waals surface area contributed by atoms with Crippen molar-refractivity contribution in [1.82, 2.24) is 9.78 Å². The number of methoxy groups -OCH3 is 1. The van der Waals surface area contributed by atoms with E-state index in [-0.39, 0.29) is 0 Å². The number of hydrogen-bond donors (Lipinski definition) is 1. The molecule has 24 heavy (non-hydrogen) atoms. The van der Waals surface area contributed by atoms with Crippen LogP contribution in [0.25, 0.3) is 5.69 Å². The van der Waals surface area contributed by atoms with Crippen molar-refractivity contribution in [2.45, 2.75) is 13.0 Å².